The van der Waals surface area contributed by atoms with Gasteiger partial charge in [0.15, 0.2) is 5.78 Å². The highest BCUT2D eigenvalue weighted by molar-refractivity contribution is 6.12. The number of urea groups is 2. The zero-order valence-corrected chi connectivity index (χ0v) is 37.3. The van der Waals surface area contributed by atoms with Crippen LogP contribution >= 0.6 is 0 Å². The summed E-state index contributed by atoms with van der Waals surface area (Å²) in [5, 5.41) is 48.5. The van der Waals surface area contributed by atoms with Crippen LogP contribution in [0, 0.1) is 0 Å². The fourth-order valence-electron chi connectivity index (χ4n) is 7.05. The molecule has 17 nitrogen and oxygen atoms in total. The van der Waals surface area contributed by atoms with Gasteiger partial charge in [0.25, 0.3) is 11.8 Å². The first-order valence-corrected chi connectivity index (χ1v) is 21.3. The van der Waals surface area contributed by atoms with E-state index < -0.39 is 48.1 Å². The van der Waals surface area contributed by atoms with Crippen LogP contribution in [0.1, 0.15) is 36.6 Å². The van der Waals surface area contributed by atoms with Gasteiger partial charge in [-0.05, 0) is 120 Å². The Morgan fingerprint density at radius 3 is 1.19 bits per heavy atom. The van der Waals surface area contributed by atoms with E-state index in [1.165, 1.54) is 133 Å². The fourth-order valence-corrected chi connectivity index (χ4v) is 7.05. The van der Waals surface area contributed by atoms with Crippen molar-refractivity contribution < 1.29 is 70.0 Å². The summed E-state index contributed by atoms with van der Waals surface area (Å²) in [6, 6.07) is 33.3. The second-order valence-electron chi connectivity index (χ2n) is 15.5. The number of phenolic OH excluding ortho intramolecular Hbond substituents is 2. The second-order valence-corrected chi connectivity index (χ2v) is 15.5. The average Bonchev–Trinajstić information content (AvgIpc) is 3.34. The van der Waals surface area contributed by atoms with E-state index in [-0.39, 0.29) is 51.2 Å². The lowest BCUT2D eigenvalue weighted by atomic mass is 10.0. The fraction of sp³-hybridized carbons (Fsp3) is 0.0392. The first-order chi connectivity index (χ1) is 35.2. The van der Waals surface area contributed by atoms with Crippen molar-refractivity contribution in [2.75, 3.05) is 10.6 Å². The van der Waals surface area contributed by atoms with Crippen molar-refractivity contribution >= 4 is 85.3 Å². The van der Waals surface area contributed by atoms with E-state index in [1.54, 1.807) is 0 Å². The molecule has 23 heteroatoms. The molecule has 0 saturated carbocycles. The summed E-state index contributed by atoms with van der Waals surface area (Å²) in [5.41, 5.74) is 1.26. The molecule has 8 rings (SSSR count). The van der Waals surface area contributed by atoms with E-state index in [1.807, 2.05) is 0 Å². The third-order valence-electron chi connectivity index (χ3n) is 10.4. The number of aromatic hydroxyl groups is 2. The van der Waals surface area contributed by atoms with E-state index in [0.717, 1.165) is 24.3 Å². The molecular weight excluding hydrogens is 983 g/mol. The van der Waals surface area contributed by atoms with Crippen LogP contribution in [-0.4, -0.2) is 52.6 Å². The molecule has 0 saturated heterocycles. The summed E-state index contributed by atoms with van der Waals surface area (Å²) in [4.78, 5) is 64.1. The molecule has 0 unspecified atom stereocenters. The van der Waals surface area contributed by atoms with E-state index in [9.17, 15) is 60.5 Å². The number of hydrogen-bond donors (Lipinski definition) is 6. The average molecular weight is 1010 g/mol. The summed E-state index contributed by atoms with van der Waals surface area (Å²) >= 11 is 0. The van der Waals surface area contributed by atoms with Crippen LogP contribution in [0.15, 0.2) is 178 Å². The number of phenols is 2. The summed E-state index contributed by atoms with van der Waals surface area (Å²) in [6.45, 7) is 0. The van der Waals surface area contributed by atoms with Gasteiger partial charge in [-0.2, -0.15) is 10.2 Å². The molecule has 0 aliphatic rings. The maximum atomic E-state index is 13.4. The number of ketones is 1. The maximum Gasteiger partial charge on any atom is 0.573 e. The van der Waals surface area contributed by atoms with Crippen molar-refractivity contribution in [2.45, 2.75) is 12.7 Å². The molecule has 0 aliphatic heterocycles. The maximum absolute atomic E-state index is 13.4. The quantitative estimate of drug-likeness (QED) is 0.0387. The lowest BCUT2D eigenvalue weighted by Gasteiger charge is -2.11. The van der Waals surface area contributed by atoms with E-state index in [4.69, 9.17) is 0 Å². The third kappa shape index (κ3) is 12.8. The number of carbonyl (C=O) groups excluding carboxylic acids is 5. The third-order valence-corrected chi connectivity index (χ3v) is 10.4. The molecule has 6 amide bonds. The largest absolute Gasteiger partial charge is 0.573 e. The number of azo groups is 2. The van der Waals surface area contributed by atoms with Gasteiger partial charge in [0, 0.05) is 56.5 Å². The monoisotopic (exact) mass is 1010 g/mol. The van der Waals surface area contributed by atoms with E-state index in [0.29, 0.717) is 44.0 Å². The number of nitrogens with one attached hydrogen (secondary N) is 4. The number of nitrogens with zero attached hydrogens (tertiary/aromatic N) is 4. The summed E-state index contributed by atoms with van der Waals surface area (Å²) < 4.78 is 83.2. The van der Waals surface area contributed by atoms with Gasteiger partial charge in [-0.15, -0.1) is 36.6 Å². The van der Waals surface area contributed by atoms with Crippen molar-refractivity contribution in [1.29, 1.82) is 0 Å². The molecular formula is C51H32F6N8O9. The summed E-state index contributed by atoms with van der Waals surface area (Å²) in [6.07, 6.45) is -9.89. The van der Waals surface area contributed by atoms with Crippen molar-refractivity contribution in [3.05, 3.63) is 180 Å². The minimum absolute atomic E-state index is 0.0321. The molecule has 8 aromatic carbocycles. The molecule has 0 heterocycles. The second kappa shape index (κ2) is 21.0. The van der Waals surface area contributed by atoms with Crippen molar-refractivity contribution in [3.63, 3.8) is 0 Å². The molecule has 0 aromatic heterocycles. The van der Waals surface area contributed by atoms with Gasteiger partial charge in [0.2, 0.25) is 0 Å². The van der Waals surface area contributed by atoms with Crippen LogP contribution < -0.4 is 30.7 Å². The molecule has 0 spiro atoms. The number of rotatable bonds is 12. The number of benzene rings is 8. The van der Waals surface area contributed by atoms with Crippen LogP contribution in [0.2, 0.25) is 0 Å². The molecule has 0 fully saturated rings. The molecule has 372 valence electrons. The number of imide groups is 2. The highest BCUT2D eigenvalue weighted by Crippen LogP contribution is 2.38. The van der Waals surface area contributed by atoms with Gasteiger partial charge in [0.05, 0.1) is 11.4 Å². The Labute approximate surface area is 411 Å². The van der Waals surface area contributed by atoms with Crippen molar-refractivity contribution in [3.8, 4) is 23.0 Å². The first-order valence-electron chi connectivity index (χ1n) is 21.3. The number of alkyl halides is 6. The zero-order chi connectivity index (χ0) is 52.7. The Bertz CT molecular complexity index is 3340. The highest BCUT2D eigenvalue weighted by Gasteiger charge is 2.32. The Morgan fingerprint density at radius 2 is 0.811 bits per heavy atom. The summed E-state index contributed by atoms with van der Waals surface area (Å²) in [7, 11) is 0. The minimum Gasteiger partial charge on any atom is -0.506 e. The SMILES string of the molecule is O=C(NC(=O)c1ccc2c(N=Nc3ccc(C(=O)c4ccc(N=Nc5c(O)ccc6cc(C(=O)NC(=O)Nc7cccc(OC(F)(F)F)c7)ccc56)cc4)cc3)c(O)ccc2c1)Nc1cccc(OC(F)(F)F)c1. The van der Waals surface area contributed by atoms with Crippen molar-refractivity contribution in [2.24, 2.45) is 20.5 Å². The number of ether oxygens (including phenoxy) is 2. The van der Waals surface area contributed by atoms with Crippen LogP contribution in [0.25, 0.3) is 21.5 Å². The zero-order valence-electron chi connectivity index (χ0n) is 37.3. The standard InChI is InChI=1S/C51H32F6N8O9/c52-50(53,54)73-37-5-1-3-35(25-37)58-48(71)60-46(69)31-11-19-39-29(23-31)13-21-41(66)43(39)64-62-33-15-7-27(8-16-33)45(68)28-9-17-34(18-10-28)63-65-44-40-20-12-32(24-30(40)14-22-42(44)67)47(70)61-49(72)59-36-4-2-6-38(26-36)74-51(55,56)57/h1-26,66-67H,(H2,58,60,69,71)(H2,59,61,70,72). The van der Waals surface area contributed by atoms with Gasteiger partial charge >= 0.3 is 24.8 Å². The number of amides is 6. The lowest BCUT2D eigenvalue weighted by Crippen LogP contribution is -2.34. The van der Waals surface area contributed by atoms with Gasteiger partial charge in [-0.25, -0.2) is 9.59 Å². The van der Waals surface area contributed by atoms with Gasteiger partial charge in [-0.3, -0.25) is 25.0 Å². The highest BCUT2D eigenvalue weighted by atomic mass is 19.4. The Balaban J connectivity index is 0.871. The smallest absolute Gasteiger partial charge is 0.506 e. The normalized spacial score (nSPS) is 11.6. The molecule has 0 bridgehead atoms. The molecule has 8 aromatic rings. The van der Waals surface area contributed by atoms with E-state index >= 15 is 0 Å². The topological polar surface area (TPSA) is 242 Å². The molecule has 0 radical (unpaired) electrons. The van der Waals surface area contributed by atoms with Gasteiger partial charge in [-0.1, -0.05) is 36.4 Å². The molecule has 74 heavy (non-hydrogen) atoms. The predicted molar refractivity (Wildman–Crippen MR) is 255 cm³/mol. The number of anilines is 2. The summed E-state index contributed by atoms with van der Waals surface area (Å²) in [5.74, 6) is -3.66. The molecule has 0 atom stereocenters. The Hall–Kier alpha value is -10.2. The molecule has 0 aliphatic carbocycles. The van der Waals surface area contributed by atoms with Crippen LogP contribution in [0.4, 0.5) is 70.1 Å². The number of halogens is 6. The molecule has 6 N–H and O–H groups in total. The predicted octanol–water partition coefficient (Wildman–Crippen LogP) is 13.2. The van der Waals surface area contributed by atoms with Crippen LogP contribution in [0.5, 0.6) is 23.0 Å². The Morgan fingerprint density at radius 1 is 0.432 bits per heavy atom. The van der Waals surface area contributed by atoms with E-state index in [2.05, 4.69) is 51.2 Å². The Kier molecular flexibility index (Phi) is 14.3. The van der Waals surface area contributed by atoms with Gasteiger partial charge < -0.3 is 30.3 Å². The minimum atomic E-state index is -4.95. The lowest BCUT2D eigenvalue weighted by molar-refractivity contribution is -0.275. The van der Waals surface area contributed by atoms with Gasteiger partial charge in [0.1, 0.15) is 34.4 Å². The van der Waals surface area contributed by atoms with Crippen molar-refractivity contribution in [1.82, 2.24) is 10.6 Å². The number of hydrogen-bond acceptors (Lipinski definition) is 13. The first kappa shape index (κ1) is 50.2. The number of carbonyl (C=O) groups is 5. The van der Waals surface area contributed by atoms with Crippen LogP contribution in [-0.2, 0) is 0 Å². The number of fused-ring (bicyclic) bond motifs is 2. The van der Waals surface area contributed by atoms with Crippen LogP contribution in [0.3, 0.4) is 0 Å².